The Hall–Kier alpha value is -0.770. The molecule has 0 amide bonds. The van der Waals surface area contributed by atoms with Gasteiger partial charge >= 0.3 is 0 Å². The fraction of sp³-hybridized carbons (Fsp3) is 0.200. The van der Waals surface area contributed by atoms with Crippen molar-refractivity contribution in [1.29, 1.82) is 0 Å². The smallest absolute Gasteiger partial charge is 0.0186 e. The molecular formula is C15H16BrNS. The van der Waals surface area contributed by atoms with E-state index in [1.165, 1.54) is 20.9 Å². The lowest BCUT2D eigenvalue weighted by Crippen LogP contribution is -2.03. The molecule has 2 aromatic carbocycles. The van der Waals surface area contributed by atoms with Crippen molar-refractivity contribution in [3.63, 3.8) is 0 Å². The lowest BCUT2D eigenvalue weighted by atomic mass is 10.1. The zero-order valence-corrected chi connectivity index (χ0v) is 12.7. The SMILES string of the molecule is Cc1ccc(Sc2cc(Br)ccc2CCN)cc1. The van der Waals surface area contributed by atoms with Gasteiger partial charge in [-0.1, -0.05) is 51.5 Å². The van der Waals surface area contributed by atoms with Crippen LogP contribution < -0.4 is 5.73 Å². The lowest BCUT2D eigenvalue weighted by Gasteiger charge is -2.09. The molecule has 1 nitrogen and oxygen atoms in total. The molecule has 0 fully saturated rings. The standard InChI is InChI=1S/C15H16BrNS/c1-11-2-6-14(7-3-11)18-15-10-13(16)5-4-12(15)8-9-17/h2-7,10H,8-9,17H2,1H3. The van der Waals surface area contributed by atoms with Crippen molar-refractivity contribution < 1.29 is 0 Å². The summed E-state index contributed by atoms with van der Waals surface area (Å²) in [6.45, 7) is 2.79. The Balaban J connectivity index is 2.26. The fourth-order valence-electron chi connectivity index (χ4n) is 1.72. The van der Waals surface area contributed by atoms with Crippen LogP contribution in [0, 0.1) is 6.92 Å². The van der Waals surface area contributed by atoms with Crippen molar-refractivity contribution in [3.05, 3.63) is 58.1 Å². The third-order valence-electron chi connectivity index (χ3n) is 2.69. The van der Waals surface area contributed by atoms with Gasteiger partial charge in [0.15, 0.2) is 0 Å². The molecule has 0 aliphatic carbocycles. The number of hydrogen-bond acceptors (Lipinski definition) is 2. The summed E-state index contributed by atoms with van der Waals surface area (Å²) >= 11 is 5.32. The van der Waals surface area contributed by atoms with Gasteiger partial charge in [0.1, 0.15) is 0 Å². The Bertz CT molecular complexity index is 523. The molecule has 94 valence electrons. The summed E-state index contributed by atoms with van der Waals surface area (Å²) in [7, 11) is 0. The van der Waals surface area contributed by atoms with Gasteiger partial charge in [-0.05, 0) is 49.7 Å². The van der Waals surface area contributed by atoms with Gasteiger partial charge in [0.25, 0.3) is 0 Å². The first-order valence-corrected chi connectivity index (χ1v) is 7.53. The highest BCUT2D eigenvalue weighted by Crippen LogP contribution is 2.32. The minimum absolute atomic E-state index is 0.684. The maximum atomic E-state index is 5.66. The molecule has 2 rings (SSSR count). The minimum atomic E-state index is 0.684. The van der Waals surface area contributed by atoms with E-state index in [1.807, 2.05) is 0 Å². The van der Waals surface area contributed by atoms with Gasteiger partial charge in [-0.2, -0.15) is 0 Å². The molecule has 18 heavy (non-hydrogen) atoms. The molecule has 0 spiro atoms. The average Bonchev–Trinajstić information content (AvgIpc) is 2.36. The van der Waals surface area contributed by atoms with Crippen molar-refractivity contribution in [1.82, 2.24) is 0 Å². The summed E-state index contributed by atoms with van der Waals surface area (Å²) in [6, 6.07) is 15.0. The van der Waals surface area contributed by atoms with Crippen LogP contribution in [-0.4, -0.2) is 6.54 Å². The van der Waals surface area contributed by atoms with E-state index in [-0.39, 0.29) is 0 Å². The highest BCUT2D eigenvalue weighted by molar-refractivity contribution is 9.10. The maximum Gasteiger partial charge on any atom is 0.0186 e. The van der Waals surface area contributed by atoms with E-state index in [2.05, 4.69) is 65.3 Å². The van der Waals surface area contributed by atoms with E-state index in [0.717, 1.165) is 10.9 Å². The summed E-state index contributed by atoms with van der Waals surface area (Å²) in [5, 5.41) is 0. The molecule has 2 N–H and O–H groups in total. The number of nitrogens with two attached hydrogens (primary N) is 1. The summed E-state index contributed by atoms with van der Waals surface area (Å²) < 4.78 is 1.11. The van der Waals surface area contributed by atoms with Crippen LogP contribution in [0.4, 0.5) is 0 Å². The highest BCUT2D eigenvalue weighted by atomic mass is 79.9. The second kappa shape index (κ2) is 6.41. The molecule has 0 atom stereocenters. The summed E-state index contributed by atoms with van der Waals surface area (Å²) in [5.74, 6) is 0. The van der Waals surface area contributed by atoms with E-state index in [9.17, 15) is 0 Å². The predicted octanol–water partition coefficient (Wildman–Crippen LogP) is 4.41. The van der Waals surface area contributed by atoms with Crippen LogP contribution in [0.25, 0.3) is 0 Å². The lowest BCUT2D eigenvalue weighted by molar-refractivity contribution is 0.943. The Labute approximate surface area is 121 Å². The minimum Gasteiger partial charge on any atom is -0.330 e. The Morgan fingerprint density at radius 1 is 1.11 bits per heavy atom. The normalized spacial score (nSPS) is 10.6. The van der Waals surface area contributed by atoms with Crippen LogP contribution >= 0.6 is 27.7 Å². The second-order valence-corrected chi connectivity index (χ2v) is 6.24. The number of benzene rings is 2. The second-order valence-electron chi connectivity index (χ2n) is 4.21. The first-order chi connectivity index (χ1) is 8.69. The summed E-state index contributed by atoms with van der Waals surface area (Å²) in [4.78, 5) is 2.54. The van der Waals surface area contributed by atoms with Gasteiger partial charge in [0.2, 0.25) is 0 Å². The molecule has 0 saturated carbocycles. The molecule has 2 aromatic rings. The molecule has 0 aromatic heterocycles. The van der Waals surface area contributed by atoms with Gasteiger partial charge in [0.05, 0.1) is 0 Å². The van der Waals surface area contributed by atoms with Crippen LogP contribution in [0.15, 0.2) is 56.7 Å². The molecule has 0 unspecified atom stereocenters. The zero-order valence-electron chi connectivity index (χ0n) is 10.3. The van der Waals surface area contributed by atoms with Crippen molar-refractivity contribution in [3.8, 4) is 0 Å². The molecule has 0 saturated heterocycles. The van der Waals surface area contributed by atoms with Gasteiger partial charge < -0.3 is 5.73 Å². The number of halogens is 1. The Morgan fingerprint density at radius 3 is 2.50 bits per heavy atom. The van der Waals surface area contributed by atoms with Crippen LogP contribution in [0.2, 0.25) is 0 Å². The molecule has 0 heterocycles. The first kappa shape index (κ1) is 13.7. The topological polar surface area (TPSA) is 26.0 Å². The monoisotopic (exact) mass is 321 g/mol. The average molecular weight is 322 g/mol. The van der Waals surface area contributed by atoms with Crippen LogP contribution in [0.5, 0.6) is 0 Å². The van der Waals surface area contributed by atoms with Crippen molar-refractivity contribution in [2.75, 3.05) is 6.54 Å². The van der Waals surface area contributed by atoms with Crippen LogP contribution in [0.3, 0.4) is 0 Å². The zero-order chi connectivity index (χ0) is 13.0. The fourth-order valence-corrected chi connectivity index (χ4v) is 3.24. The summed E-state index contributed by atoms with van der Waals surface area (Å²) in [5.41, 5.74) is 8.26. The summed E-state index contributed by atoms with van der Waals surface area (Å²) in [6.07, 6.45) is 0.918. The molecule has 0 aliphatic rings. The molecule has 0 aliphatic heterocycles. The van der Waals surface area contributed by atoms with Crippen molar-refractivity contribution >= 4 is 27.7 Å². The van der Waals surface area contributed by atoms with E-state index in [4.69, 9.17) is 5.73 Å². The third kappa shape index (κ3) is 3.61. The largest absolute Gasteiger partial charge is 0.330 e. The number of rotatable bonds is 4. The van der Waals surface area contributed by atoms with E-state index < -0.39 is 0 Å². The Morgan fingerprint density at radius 2 is 1.83 bits per heavy atom. The quantitative estimate of drug-likeness (QED) is 0.902. The number of aryl methyl sites for hydroxylation is 1. The first-order valence-electron chi connectivity index (χ1n) is 5.92. The predicted molar refractivity (Wildman–Crippen MR) is 82.2 cm³/mol. The molecule has 3 heteroatoms. The van der Waals surface area contributed by atoms with Crippen LogP contribution in [-0.2, 0) is 6.42 Å². The molecular weight excluding hydrogens is 306 g/mol. The van der Waals surface area contributed by atoms with Gasteiger partial charge in [-0.15, -0.1) is 0 Å². The van der Waals surface area contributed by atoms with Gasteiger partial charge in [-0.25, -0.2) is 0 Å². The van der Waals surface area contributed by atoms with E-state index in [0.29, 0.717) is 6.54 Å². The van der Waals surface area contributed by atoms with Gasteiger partial charge in [-0.3, -0.25) is 0 Å². The maximum absolute atomic E-state index is 5.66. The van der Waals surface area contributed by atoms with E-state index in [1.54, 1.807) is 11.8 Å². The van der Waals surface area contributed by atoms with Crippen molar-refractivity contribution in [2.45, 2.75) is 23.1 Å². The Kier molecular flexibility index (Phi) is 4.87. The highest BCUT2D eigenvalue weighted by Gasteiger charge is 2.05. The third-order valence-corrected chi connectivity index (χ3v) is 4.29. The van der Waals surface area contributed by atoms with Crippen LogP contribution in [0.1, 0.15) is 11.1 Å². The van der Waals surface area contributed by atoms with Crippen molar-refractivity contribution in [2.24, 2.45) is 5.73 Å². The number of hydrogen-bond donors (Lipinski definition) is 1. The molecule has 0 bridgehead atoms. The molecule has 0 radical (unpaired) electrons. The van der Waals surface area contributed by atoms with E-state index >= 15 is 0 Å². The van der Waals surface area contributed by atoms with Gasteiger partial charge in [0, 0.05) is 14.3 Å².